The second-order valence-corrected chi connectivity index (χ2v) is 5.71. The van der Waals surface area contributed by atoms with E-state index in [0.29, 0.717) is 19.6 Å². The summed E-state index contributed by atoms with van der Waals surface area (Å²) in [5.41, 5.74) is 2.41. The first kappa shape index (κ1) is 18.1. The third-order valence-electron chi connectivity index (χ3n) is 3.81. The van der Waals surface area contributed by atoms with Gasteiger partial charge in [0.1, 0.15) is 5.75 Å². The van der Waals surface area contributed by atoms with Gasteiger partial charge in [-0.2, -0.15) is 0 Å². The highest BCUT2D eigenvalue weighted by atomic mass is 16.5. The van der Waals surface area contributed by atoms with E-state index in [0.717, 1.165) is 31.4 Å². The Balaban J connectivity index is 1.60. The number of benzene rings is 2. The van der Waals surface area contributed by atoms with Gasteiger partial charge >= 0.3 is 5.97 Å². The van der Waals surface area contributed by atoms with E-state index in [1.165, 1.54) is 11.1 Å². The Morgan fingerprint density at radius 3 is 2.21 bits per heavy atom. The smallest absolute Gasteiger partial charge is 0.305 e. The van der Waals surface area contributed by atoms with Gasteiger partial charge in [0.05, 0.1) is 13.2 Å². The summed E-state index contributed by atoms with van der Waals surface area (Å²) in [5.74, 6) is 0.813. The van der Waals surface area contributed by atoms with Crippen LogP contribution in [0.25, 0.3) is 11.1 Å². The van der Waals surface area contributed by atoms with Gasteiger partial charge in [-0.1, -0.05) is 55.3 Å². The summed E-state index contributed by atoms with van der Waals surface area (Å²) in [6, 6.07) is 18.5. The van der Waals surface area contributed by atoms with Crippen LogP contribution in [0.3, 0.4) is 0 Å². The average molecular weight is 326 g/mol. The first-order valence-corrected chi connectivity index (χ1v) is 8.73. The van der Waals surface area contributed by atoms with Crippen molar-refractivity contribution in [2.24, 2.45) is 0 Å². The van der Waals surface area contributed by atoms with Crippen molar-refractivity contribution in [3.8, 4) is 16.9 Å². The molecule has 2 rings (SSSR count). The van der Waals surface area contributed by atoms with E-state index in [1.54, 1.807) is 0 Å². The lowest BCUT2D eigenvalue weighted by Crippen LogP contribution is -2.03. The Labute approximate surface area is 144 Å². The van der Waals surface area contributed by atoms with Crippen molar-refractivity contribution in [2.75, 3.05) is 13.2 Å². The zero-order valence-corrected chi connectivity index (χ0v) is 14.4. The molecule has 0 atom stereocenters. The molecule has 24 heavy (non-hydrogen) atoms. The first-order chi connectivity index (χ1) is 11.8. The molecule has 128 valence electrons. The molecule has 0 spiro atoms. The van der Waals surface area contributed by atoms with Gasteiger partial charge in [-0.05, 0) is 43.0 Å². The van der Waals surface area contributed by atoms with Crippen LogP contribution in [0, 0.1) is 0 Å². The molecule has 0 aliphatic heterocycles. The molecule has 0 aliphatic rings. The van der Waals surface area contributed by atoms with Gasteiger partial charge in [0.15, 0.2) is 0 Å². The van der Waals surface area contributed by atoms with E-state index in [2.05, 4.69) is 24.3 Å². The number of unbranched alkanes of at least 4 members (excludes halogenated alkanes) is 3. The molecular formula is C21H26O3. The molecule has 0 aliphatic carbocycles. The number of hydrogen-bond acceptors (Lipinski definition) is 3. The molecule has 0 fully saturated rings. The Morgan fingerprint density at radius 1 is 0.833 bits per heavy atom. The minimum absolute atomic E-state index is 0.0905. The number of carbonyl (C=O) groups excluding carboxylic acids is 1. The maximum absolute atomic E-state index is 11.2. The van der Waals surface area contributed by atoms with E-state index in [1.807, 2.05) is 37.3 Å². The molecule has 0 saturated heterocycles. The summed E-state index contributed by atoms with van der Waals surface area (Å²) < 4.78 is 10.7. The maximum atomic E-state index is 11.2. The van der Waals surface area contributed by atoms with Crippen molar-refractivity contribution in [1.29, 1.82) is 0 Å². The first-order valence-electron chi connectivity index (χ1n) is 8.73. The Morgan fingerprint density at radius 2 is 1.50 bits per heavy atom. The number of esters is 1. The fourth-order valence-electron chi connectivity index (χ4n) is 2.52. The number of ether oxygens (including phenoxy) is 2. The molecule has 0 saturated carbocycles. The summed E-state index contributed by atoms with van der Waals surface area (Å²) in [5, 5.41) is 0. The topological polar surface area (TPSA) is 35.5 Å². The molecule has 3 nitrogen and oxygen atoms in total. The third-order valence-corrected chi connectivity index (χ3v) is 3.81. The molecule has 0 N–H and O–H groups in total. The quantitative estimate of drug-likeness (QED) is 0.442. The van der Waals surface area contributed by atoms with Gasteiger partial charge in [-0.25, -0.2) is 0 Å². The zero-order chi connectivity index (χ0) is 17.0. The molecule has 0 radical (unpaired) electrons. The Hall–Kier alpha value is -2.29. The normalized spacial score (nSPS) is 10.4. The van der Waals surface area contributed by atoms with Crippen molar-refractivity contribution in [1.82, 2.24) is 0 Å². The van der Waals surface area contributed by atoms with Crippen molar-refractivity contribution < 1.29 is 14.3 Å². The zero-order valence-electron chi connectivity index (χ0n) is 14.4. The van der Waals surface area contributed by atoms with Gasteiger partial charge in [-0.15, -0.1) is 0 Å². The standard InChI is InChI=1S/C21H26O3/c1-2-23-21(22)12-8-3-4-9-17-24-20-15-13-19(14-16-20)18-10-6-5-7-11-18/h5-7,10-11,13-16H,2-4,8-9,12,17H2,1H3. The maximum Gasteiger partial charge on any atom is 0.305 e. The highest BCUT2D eigenvalue weighted by Gasteiger charge is 2.01. The van der Waals surface area contributed by atoms with Gasteiger partial charge in [0.25, 0.3) is 0 Å². The fraction of sp³-hybridized carbons (Fsp3) is 0.381. The lowest BCUT2D eigenvalue weighted by molar-refractivity contribution is -0.143. The van der Waals surface area contributed by atoms with Crippen molar-refractivity contribution >= 4 is 5.97 Å². The second kappa shape index (κ2) is 10.5. The van der Waals surface area contributed by atoms with Gasteiger partial charge < -0.3 is 9.47 Å². The molecule has 0 bridgehead atoms. The van der Waals surface area contributed by atoms with Gasteiger partial charge in [0, 0.05) is 6.42 Å². The van der Waals surface area contributed by atoms with Crippen LogP contribution in [-0.2, 0) is 9.53 Å². The van der Waals surface area contributed by atoms with Crippen molar-refractivity contribution in [3.05, 3.63) is 54.6 Å². The lowest BCUT2D eigenvalue weighted by atomic mass is 10.1. The van der Waals surface area contributed by atoms with Crippen LogP contribution in [0.4, 0.5) is 0 Å². The fourth-order valence-corrected chi connectivity index (χ4v) is 2.52. The van der Waals surface area contributed by atoms with Crippen LogP contribution >= 0.6 is 0 Å². The molecule has 0 amide bonds. The van der Waals surface area contributed by atoms with Crippen molar-refractivity contribution in [3.63, 3.8) is 0 Å². The number of hydrogen-bond donors (Lipinski definition) is 0. The van der Waals surface area contributed by atoms with Gasteiger partial charge in [0.2, 0.25) is 0 Å². The molecule has 0 aromatic heterocycles. The SMILES string of the molecule is CCOC(=O)CCCCCCOc1ccc(-c2ccccc2)cc1. The van der Waals surface area contributed by atoms with E-state index in [9.17, 15) is 4.79 Å². The summed E-state index contributed by atoms with van der Waals surface area (Å²) in [6.07, 6.45) is 4.53. The largest absolute Gasteiger partial charge is 0.494 e. The molecule has 0 heterocycles. The summed E-state index contributed by atoms with van der Waals surface area (Å²) >= 11 is 0. The van der Waals surface area contributed by atoms with Crippen LogP contribution in [0.2, 0.25) is 0 Å². The second-order valence-electron chi connectivity index (χ2n) is 5.71. The summed E-state index contributed by atoms with van der Waals surface area (Å²) in [7, 11) is 0. The molecule has 3 heteroatoms. The molecule has 2 aromatic carbocycles. The predicted molar refractivity (Wildman–Crippen MR) is 97.1 cm³/mol. The highest BCUT2D eigenvalue weighted by molar-refractivity contribution is 5.69. The van der Waals surface area contributed by atoms with Crippen LogP contribution in [0.5, 0.6) is 5.75 Å². The van der Waals surface area contributed by atoms with Gasteiger partial charge in [-0.3, -0.25) is 4.79 Å². The highest BCUT2D eigenvalue weighted by Crippen LogP contribution is 2.22. The van der Waals surface area contributed by atoms with E-state index < -0.39 is 0 Å². The molecule has 0 unspecified atom stereocenters. The monoisotopic (exact) mass is 326 g/mol. The third kappa shape index (κ3) is 6.45. The van der Waals surface area contributed by atoms with Crippen LogP contribution in [0.1, 0.15) is 39.0 Å². The number of carbonyl (C=O) groups is 1. The van der Waals surface area contributed by atoms with Crippen molar-refractivity contribution in [2.45, 2.75) is 39.0 Å². The van der Waals surface area contributed by atoms with Crippen LogP contribution in [0.15, 0.2) is 54.6 Å². The number of rotatable bonds is 10. The molecular weight excluding hydrogens is 300 g/mol. The lowest BCUT2D eigenvalue weighted by Gasteiger charge is -2.07. The minimum atomic E-state index is -0.0905. The van der Waals surface area contributed by atoms with Crippen LogP contribution in [-0.4, -0.2) is 19.2 Å². The Bertz CT molecular complexity index is 590. The summed E-state index contributed by atoms with van der Waals surface area (Å²) in [6.45, 7) is 3.02. The van der Waals surface area contributed by atoms with Crippen LogP contribution < -0.4 is 4.74 Å². The van der Waals surface area contributed by atoms with E-state index in [-0.39, 0.29) is 5.97 Å². The van der Waals surface area contributed by atoms with E-state index in [4.69, 9.17) is 9.47 Å². The van der Waals surface area contributed by atoms with E-state index >= 15 is 0 Å². The average Bonchev–Trinajstić information content (AvgIpc) is 2.62. The molecule has 2 aromatic rings. The predicted octanol–water partition coefficient (Wildman–Crippen LogP) is 5.25. The Kier molecular flexibility index (Phi) is 7.88. The minimum Gasteiger partial charge on any atom is -0.494 e. The summed E-state index contributed by atoms with van der Waals surface area (Å²) in [4.78, 5) is 11.2.